The third kappa shape index (κ3) is 1.60. The van der Waals surface area contributed by atoms with Crippen molar-refractivity contribution in [2.24, 2.45) is 12.8 Å². The molecule has 0 aliphatic rings. The van der Waals surface area contributed by atoms with Gasteiger partial charge >= 0.3 is 0 Å². The van der Waals surface area contributed by atoms with Gasteiger partial charge in [-0.05, 0) is 17.7 Å². The van der Waals surface area contributed by atoms with Gasteiger partial charge in [0.2, 0.25) is 0 Å². The van der Waals surface area contributed by atoms with Gasteiger partial charge in [0.25, 0.3) is 0 Å². The predicted octanol–water partition coefficient (Wildman–Crippen LogP) is 1.69. The van der Waals surface area contributed by atoms with Crippen LogP contribution in [0.2, 0.25) is 0 Å². The van der Waals surface area contributed by atoms with Crippen molar-refractivity contribution in [3.05, 3.63) is 36.5 Å². The molecule has 17 heavy (non-hydrogen) atoms. The van der Waals surface area contributed by atoms with Gasteiger partial charge in [-0.15, -0.1) is 0 Å². The molecule has 1 aromatic carbocycles. The summed E-state index contributed by atoms with van der Waals surface area (Å²) >= 11 is 0. The first-order valence-corrected chi connectivity index (χ1v) is 5.34. The topological polar surface area (TPSA) is 69.9 Å². The third-order valence-electron chi connectivity index (χ3n) is 2.74. The standard InChI is InChI=1S/C12H12N4O/c1-16-6-9(11(5-13)15-16)8-2-3-10-12(4-8)17-7-14-10/h2-4,6-7H,5,13H2,1H3. The lowest BCUT2D eigenvalue weighted by Crippen LogP contribution is -1.99. The highest BCUT2D eigenvalue weighted by Gasteiger charge is 2.10. The van der Waals surface area contributed by atoms with E-state index in [1.54, 1.807) is 4.68 Å². The van der Waals surface area contributed by atoms with Gasteiger partial charge in [-0.1, -0.05) is 6.07 Å². The molecule has 2 N–H and O–H groups in total. The van der Waals surface area contributed by atoms with Crippen LogP contribution in [0.15, 0.2) is 35.2 Å². The first kappa shape index (κ1) is 10.0. The Morgan fingerprint density at radius 3 is 3.12 bits per heavy atom. The smallest absolute Gasteiger partial charge is 0.181 e. The molecule has 0 saturated heterocycles. The van der Waals surface area contributed by atoms with E-state index in [2.05, 4.69) is 10.1 Å². The molecule has 3 rings (SSSR count). The highest BCUT2D eigenvalue weighted by atomic mass is 16.3. The second-order valence-electron chi connectivity index (χ2n) is 3.90. The minimum absolute atomic E-state index is 0.421. The number of nitrogens with zero attached hydrogens (tertiary/aromatic N) is 3. The van der Waals surface area contributed by atoms with E-state index in [9.17, 15) is 0 Å². The van der Waals surface area contributed by atoms with Gasteiger partial charge in [-0.25, -0.2) is 4.98 Å². The van der Waals surface area contributed by atoms with Crippen LogP contribution in [-0.2, 0) is 13.6 Å². The first-order valence-electron chi connectivity index (χ1n) is 5.34. The van der Waals surface area contributed by atoms with Crippen molar-refractivity contribution in [1.29, 1.82) is 0 Å². The van der Waals surface area contributed by atoms with Crippen LogP contribution in [0.4, 0.5) is 0 Å². The quantitative estimate of drug-likeness (QED) is 0.724. The molecule has 2 heterocycles. The molecule has 2 aromatic heterocycles. The Hall–Kier alpha value is -2.14. The monoisotopic (exact) mass is 228 g/mol. The molecule has 0 unspecified atom stereocenters. The summed E-state index contributed by atoms with van der Waals surface area (Å²) in [4.78, 5) is 4.09. The van der Waals surface area contributed by atoms with Crippen molar-refractivity contribution < 1.29 is 4.42 Å². The summed E-state index contributed by atoms with van der Waals surface area (Å²) in [6.07, 6.45) is 3.40. The number of benzene rings is 1. The Bertz CT molecular complexity index is 668. The molecule has 0 aliphatic carbocycles. The highest BCUT2D eigenvalue weighted by Crippen LogP contribution is 2.26. The zero-order chi connectivity index (χ0) is 11.8. The van der Waals surface area contributed by atoms with Gasteiger partial charge in [0, 0.05) is 25.4 Å². The van der Waals surface area contributed by atoms with E-state index in [4.69, 9.17) is 10.2 Å². The number of nitrogens with two attached hydrogens (primary N) is 1. The van der Waals surface area contributed by atoms with Gasteiger partial charge in [0.05, 0.1) is 5.69 Å². The molecular weight excluding hydrogens is 216 g/mol. The molecule has 5 heteroatoms. The summed E-state index contributed by atoms with van der Waals surface area (Å²) in [5, 5.41) is 4.32. The summed E-state index contributed by atoms with van der Waals surface area (Å²) in [6, 6.07) is 5.89. The van der Waals surface area contributed by atoms with Crippen molar-refractivity contribution in [2.45, 2.75) is 6.54 Å². The maximum absolute atomic E-state index is 5.68. The average molecular weight is 228 g/mol. The lowest BCUT2D eigenvalue weighted by Gasteiger charge is -1.99. The van der Waals surface area contributed by atoms with Crippen LogP contribution in [0.5, 0.6) is 0 Å². The SMILES string of the molecule is Cn1cc(-c2ccc3ncoc3c2)c(CN)n1. The van der Waals surface area contributed by atoms with E-state index in [0.29, 0.717) is 6.54 Å². The van der Waals surface area contributed by atoms with Crippen LogP contribution in [0.25, 0.3) is 22.2 Å². The van der Waals surface area contributed by atoms with Gasteiger partial charge < -0.3 is 10.2 Å². The van der Waals surface area contributed by atoms with Gasteiger partial charge in [-0.2, -0.15) is 5.10 Å². The van der Waals surface area contributed by atoms with Gasteiger partial charge in [0.15, 0.2) is 12.0 Å². The maximum Gasteiger partial charge on any atom is 0.181 e. The van der Waals surface area contributed by atoms with Gasteiger partial charge in [-0.3, -0.25) is 4.68 Å². The van der Waals surface area contributed by atoms with E-state index < -0.39 is 0 Å². The predicted molar refractivity (Wildman–Crippen MR) is 64.1 cm³/mol. The summed E-state index contributed by atoms with van der Waals surface area (Å²) in [5.74, 6) is 0. The fourth-order valence-electron chi connectivity index (χ4n) is 1.95. The Morgan fingerprint density at radius 2 is 2.29 bits per heavy atom. The molecule has 0 aliphatic heterocycles. The number of hydrogen-bond acceptors (Lipinski definition) is 4. The van der Waals surface area contributed by atoms with Crippen LogP contribution in [0, 0.1) is 0 Å². The van der Waals surface area contributed by atoms with E-state index in [0.717, 1.165) is 27.9 Å². The number of hydrogen-bond donors (Lipinski definition) is 1. The fraction of sp³-hybridized carbons (Fsp3) is 0.167. The Labute approximate surface area is 97.9 Å². The van der Waals surface area contributed by atoms with Crippen LogP contribution in [0.1, 0.15) is 5.69 Å². The lowest BCUT2D eigenvalue weighted by molar-refractivity contribution is 0.602. The molecule has 5 nitrogen and oxygen atoms in total. The second-order valence-corrected chi connectivity index (χ2v) is 3.90. The lowest BCUT2D eigenvalue weighted by atomic mass is 10.1. The summed E-state index contributed by atoms with van der Waals surface area (Å²) < 4.78 is 7.06. The van der Waals surface area contributed by atoms with E-state index in [1.165, 1.54) is 6.39 Å². The molecule has 3 aromatic rings. The average Bonchev–Trinajstić information content (AvgIpc) is 2.93. The number of oxazole rings is 1. The third-order valence-corrected chi connectivity index (χ3v) is 2.74. The fourth-order valence-corrected chi connectivity index (χ4v) is 1.95. The molecule has 0 atom stereocenters. The second kappa shape index (κ2) is 3.71. The van der Waals surface area contributed by atoms with Crippen LogP contribution < -0.4 is 5.73 Å². The molecule has 0 radical (unpaired) electrons. The van der Waals surface area contributed by atoms with Crippen LogP contribution in [-0.4, -0.2) is 14.8 Å². The van der Waals surface area contributed by atoms with Crippen molar-refractivity contribution in [2.75, 3.05) is 0 Å². The van der Waals surface area contributed by atoms with Crippen LogP contribution in [0.3, 0.4) is 0 Å². The summed E-state index contributed by atoms with van der Waals surface area (Å²) in [6.45, 7) is 0.421. The largest absolute Gasteiger partial charge is 0.443 e. The minimum Gasteiger partial charge on any atom is -0.443 e. The molecule has 0 amide bonds. The first-order chi connectivity index (χ1) is 8.28. The molecule has 0 saturated carbocycles. The molecule has 0 bridgehead atoms. The minimum atomic E-state index is 0.421. The zero-order valence-electron chi connectivity index (χ0n) is 9.42. The van der Waals surface area contributed by atoms with Crippen molar-refractivity contribution >= 4 is 11.1 Å². The maximum atomic E-state index is 5.68. The number of fused-ring (bicyclic) bond motifs is 1. The normalized spacial score (nSPS) is 11.2. The highest BCUT2D eigenvalue weighted by molar-refractivity contribution is 5.80. The summed E-state index contributed by atoms with van der Waals surface area (Å²) in [5.41, 5.74) is 10.3. The van der Waals surface area contributed by atoms with E-state index in [-0.39, 0.29) is 0 Å². The molecule has 0 fully saturated rings. The van der Waals surface area contributed by atoms with Gasteiger partial charge in [0.1, 0.15) is 5.52 Å². The Kier molecular flexibility index (Phi) is 2.19. The van der Waals surface area contributed by atoms with Crippen molar-refractivity contribution in [1.82, 2.24) is 14.8 Å². The number of aryl methyl sites for hydroxylation is 1. The number of rotatable bonds is 2. The summed E-state index contributed by atoms with van der Waals surface area (Å²) in [7, 11) is 1.88. The zero-order valence-corrected chi connectivity index (χ0v) is 9.42. The van der Waals surface area contributed by atoms with Crippen molar-refractivity contribution in [3.8, 4) is 11.1 Å². The molecule has 0 spiro atoms. The van der Waals surface area contributed by atoms with Crippen molar-refractivity contribution in [3.63, 3.8) is 0 Å². The van der Waals surface area contributed by atoms with E-state index >= 15 is 0 Å². The Balaban J connectivity index is 2.18. The molecule has 86 valence electrons. The van der Waals surface area contributed by atoms with E-state index in [1.807, 2.05) is 31.4 Å². The Morgan fingerprint density at radius 1 is 1.41 bits per heavy atom. The number of aromatic nitrogens is 3. The van der Waals surface area contributed by atoms with Crippen LogP contribution >= 0.6 is 0 Å². The molecular formula is C12H12N4O.